The van der Waals surface area contributed by atoms with E-state index in [-0.39, 0.29) is 28.4 Å². The molecule has 0 aromatic heterocycles. The topological polar surface area (TPSA) is 57.6 Å². The first kappa shape index (κ1) is 18.2. The smallest absolute Gasteiger partial charge is 0.266 e. The summed E-state index contributed by atoms with van der Waals surface area (Å²) in [5.74, 6) is -0.419. The molecular weight excluding hydrogens is 326 g/mol. The number of fused-ring (bicyclic) bond motifs is 1. The van der Waals surface area contributed by atoms with E-state index in [1.165, 1.54) is 4.90 Å². The standard InChI is InChI=1S/C22H25NO3/c1-21(2,3)16-11-13(12-17(18(16)24)22(4,5)6)23-19(25)14-9-7-8-10-15(14)20(23)26/h7-12,24H,1-6H3. The highest BCUT2D eigenvalue weighted by Gasteiger charge is 2.38. The number of aromatic hydroxyl groups is 1. The summed E-state index contributed by atoms with van der Waals surface area (Å²) in [6, 6.07) is 10.4. The molecule has 136 valence electrons. The molecule has 0 saturated carbocycles. The summed E-state index contributed by atoms with van der Waals surface area (Å²) in [7, 11) is 0. The Bertz CT molecular complexity index is 844. The molecule has 1 heterocycles. The van der Waals surface area contributed by atoms with E-state index in [2.05, 4.69) is 0 Å². The van der Waals surface area contributed by atoms with E-state index in [0.29, 0.717) is 16.8 Å². The van der Waals surface area contributed by atoms with Crippen LogP contribution in [0.25, 0.3) is 0 Å². The van der Waals surface area contributed by atoms with Crippen LogP contribution in [0.1, 0.15) is 73.4 Å². The monoisotopic (exact) mass is 351 g/mol. The maximum absolute atomic E-state index is 12.9. The highest BCUT2D eigenvalue weighted by molar-refractivity contribution is 6.34. The average molecular weight is 351 g/mol. The molecule has 0 unspecified atom stereocenters. The van der Waals surface area contributed by atoms with Gasteiger partial charge in [0.1, 0.15) is 5.75 Å². The van der Waals surface area contributed by atoms with Gasteiger partial charge in [0.15, 0.2) is 0 Å². The van der Waals surface area contributed by atoms with Crippen molar-refractivity contribution < 1.29 is 14.7 Å². The number of nitrogens with zero attached hydrogens (tertiary/aromatic N) is 1. The third-order valence-electron chi connectivity index (χ3n) is 4.76. The molecular formula is C22H25NO3. The predicted molar refractivity (Wildman–Crippen MR) is 103 cm³/mol. The van der Waals surface area contributed by atoms with Crippen molar-refractivity contribution >= 4 is 17.5 Å². The molecule has 2 aromatic carbocycles. The molecule has 0 spiro atoms. The molecule has 0 aliphatic carbocycles. The Morgan fingerprint density at radius 3 is 1.50 bits per heavy atom. The van der Waals surface area contributed by atoms with Crippen molar-refractivity contribution in [2.24, 2.45) is 0 Å². The van der Waals surface area contributed by atoms with Crippen molar-refractivity contribution in [3.8, 4) is 5.75 Å². The molecule has 0 fully saturated rings. The van der Waals surface area contributed by atoms with E-state index in [1.54, 1.807) is 36.4 Å². The highest BCUT2D eigenvalue weighted by atomic mass is 16.3. The van der Waals surface area contributed by atoms with Crippen molar-refractivity contribution in [1.29, 1.82) is 0 Å². The highest BCUT2D eigenvalue weighted by Crippen LogP contribution is 2.43. The van der Waals surface area contributed by atoms with Gasteiger partial charge in [-0.1, -0.05) is 53.7 Å². The molecule has 1 N–H and O–H groups in total. The number of hydrogen-bond donors (Lipinski definition) is 1. The fourth-order valence-corrected chi connectivity index (χ4v) is 3.32. The van der Waals surface area contributed by atoms with E-state index in [4.69, 9.17) is 0 Å². The molecule has 3 rings (SSSR count). The van der Waals surface area contributed by atoms with Gasteiger partial charge in [-0.3, -0.25) is 9.59 Å². The van der Waals surface area contributed by atoms with Crippen LogP contribution in [0, 0.1) is 0 Å². The van der Waals surface area contributed by atoms with Gasteiger partial charge in [-0.25, -0.2) is 4.90 Å². The lowest BCUT2D eigenvalue weighted by atomic mass is 9.79. The van der Waals surface area contributed by atoms with Gasteiger partial charge in [0.2, 0.25) is 0 Å². The Kier molecular flexibility index (Phi) is 3.98. The summed E-state index contributed by atoms with van der Waals surface area (Å²) in [4.78, 5) is 26.9. The molecule has 1 aliphatic rings. The van der Waals surface area contributed by atoms with Crippen LogP contribution < -0.4 is 4.90 Å². The lowest BCUT2D eigenvalue weighted by Gasteiger charge is -2.29. The number of carbonyl (C=O) groups is 2. The van der Waals surface area contributed by atoms with Crippen LogP contribution in [-0.4, -0.2) is 16.9 Å². The van der Waals surface area contributed by atoms with Gasteiger partial charge in [-0.2, -0.15) is 0 Å². The maximum atomic E-state index is 12.9. The number of anilines is 1. The summed E-state index contributed by atoms with van der Waals surface area (Å²) in [5.41, 5.74) is 2.11. The van der Waals surface area contributed by atoms with Crippen molar-refractivity contribution in [3.05, 3.63) is 58.7 Å². The number of hydrogen-bond acceptors (Lipinski definition) is 3. The number of imide groups is 1. The van der Waals surface area contributed by atoms with Crippen molar-refractivity contribution in [2.45, 2.75) is 52.4 Å². The number of carbonyl (C=O) groups excluding carboxylic acids is 2. The van der Waals surface area contributed by atoms with Gasteiger partial charge in [0, 0.05) is 11.1 Å². The van der Waals surface area contributed by atoms with Crippen LogP contribution in [0.4, 0.5) is 5.69 Å². The minimum atomic E-state index is -0.335. The van der Waals surface area contributed by atoms with E-state index >= 15 is 0 Å². The summed E-state index contributed by atoms with van der Waals surface area (Å²) in [6.45, 7) is 12.0. The SMILES string of the molecule is CC(C)(C)c1cc(N2C(=O)c3ccccc3C2=O)cc(C(C)(C)C)c1O. The van der Waals surface area contributed by atoms with Crippen LogP contribution in [0.5, 0.6) is 5.75 Å². The van der Waals surface area contributed by atoms with Crippen LogP contribution in [0.2, 0.25) is 0 Å². The number of phenolic OH excluding ortho intramolecular Hbond substituents is 1. The molecule has 0 bridgehead atoms. The Labute approximate surface area is 154 Å². The average Bonchev–Trinajstić information content (AvgIpc) is 2.78. The number of amides is 2. The first-order valence-electron chi connectivity index (χ1n) is 8.78. The van der Waals surface area contributed by atoms with Crippen LogP contribution in [-0.2, 0) is 10.8 Å². The van der Waals surface area contributed by atoms with Gasteiger partial charge >= 0.3 is 0 Å². The summed E-state index contributed by atoms with van der Waals surface area (Å²) >= 11 is 0. The number of benzene rings is 2. The zero-order valence-electron chi connectivity index (χ0n) is 16.2. The minimum Gasteiger partial charge on any atom is -0.507 e. The van der Waals surface area contributed by atoms with Crippen LogP contribution in [0.15, 0.2) is 36.4 Å². The van der Waals surface area contributed by atoms with Gasteiger partial charge in [-0.15, -0.1) is 0 Å². The molecule has 2 amide bonds. The number of rotatable bonds is 1. The molecule has 2 aromatic rings. The summed E-state index contributed by atoms with van der Waals surface area (Å²) < 4.78 is 0. The van der Waals surface area contributed by atoms with Crippen molar-refractivity contribution in [2.75, 3.05) is 4.90 Å². The molecule has 1 aliphatic heterocycles. The lowest BCUT2D eigenvalue weighted by Crippen LogP contribution is -2.30. The molecule has 0 saturated heterocycles. The second kappa shape index (κ2) is 5.70. The minimum absolute atomic E-state index is 0.227. The fourth-order valence-electron chi connectivity index (χ4n) is 3.32. The quantitative estimate of drug-likeness (QED) is 0.752. The zero-order chi connectivity index (χ0) is 19.4. The van der Waals surface area contributed by atoms with Crippen LogP contribution >= 0.6 is 0 Å². The second-order valence-electron chi connectivity index (χ2n) is 8.88. The Balaban J connectivity index is 2.24. The fraction of sp³-hybridized carbons (Fsp3) is 0.364. The van der Waals surface area contributed by atoms with E-state index in [1.807, 2.05) is 41.5 Å². The Morgan fingerprint density at radius 2 is 1.15 bits per heavy atom. The molecule has 0 atom stereocenters. The Hall–Kier alpha value is -2.62. The van der Waals surface area contributed by atoms with Gasteiger partial charge in [-0.05, 0) is 35.1 Å². The third-order valence-corrected chi connectivity index (χ3v) is 4.76. The summed E-state index contributed by atoms with van der Waals surface area (Å²) in [5, 5.41) is 10.8. The Morgan fingerprint density at radius 1 is 0.769 bits per heavy atom. The van der Waals surface area contributed by atoms with E-state index in [9.17, 15) is 14.7 Å². The molecule has 4 heteroatoms. The van der Waals surface area contributed by atoms with E-state index in [0.717, 1.165) is 11.1 Å². The normalized spacial score (nSPS) is 14.8. The first-order chi connectivity index (χ1) is 11.9. The molecule has 26 heavy (non-hydrogen) atoms. The predicted octanol–water partition coefficient (Wildman–Crippen LogP) is 4.79. The first-order valence-corrected chi connectivity index (χ1v) is 8.78. The second-order valence-corrected chi connectivity index (χ2v) is 8.88. The summed E-state index contributed by atoms with van der Waals surface area (Å²) in [6.07, 6.45) is 0. The maximum Gasteiger partial charge on any atom is 0.266 e. The van der Waals surface area contributed by atoms with Gasteiger partial charge in [0.25, 0.3) is 11.8 Å². The molecule has 0 radical (unpaired) electrons. The van der Waals surface area contributed by atoms with E-state index < -0.39 is 0 Å². The zero-order valence-corrected chi connectivity index (χ0v) is 16.2. The largest absolute Gasteiger partial charge is 0.507 e. The van der Waals surface area contributed by atoms with Gasteiger partial charge < -0.3 is 5.11 Å². The lowest BCUT2D eigenvalue weighted by molar-refractivity contribution is 0.0926. The van der Waals surface area contributed by atoms with Crippen molar-refractivity contribution in [3.63, 3.8) is 0 Å². The number of phenols is 1. The van der Waals surface area contributed by atoms with Crippen LogP contribution in [0.3, 0.4) is 0 Å². The van der Waals surface area contributed by atoms with Gasteiger partial charge in [0.05, 0.1) is 16.8 Å². The molecule has 4 nitrogen and oxygen atoms in total. The van der Waals surface area contributed by atoms with Crippen molar-refractivity contribution in [1.82, 2.24) is 0 Å². The third kappa shape index (κ3) is 2.79.